The van der Waals surface area contributed by atoms with Crippen LogP contribution in [0.3, 0.4) is 0 Å². The average molecular weight is 288 g/mol. The fraction of sp³-hybridized carbons (Fsp3) is 0.462. The fourth-order valence-electron chi connectivity index (χ4n) is 1.88. The summed E-state index contributed by atoms with van der Waals surface area (Å²) in [6.07, 6.45) is 0.342. The summed E-state index contributed by atoms with van der Waals surface area (Å²) in [4.78, 5) is 10.6. The zero-order chi connectivity index (χ0) is 14.6. The molecule has 0 saturated carbocycles. The van der Waals surface area contributed by atoms with Gasteiger partial charge in [0.15, 0.2) is 11.5 Å². The third kappa shape index (κ3) is 3.52. The van der Waals surface area contributed by atoms with Crippen molar-refractivity contribution in [2.45, 2.75) is 25.8 Å². The SMILES string of the molecule is COc1cc(C(N)CCC(=O)O)c(C)c(Cl)c1OC. The fourth-order valence-corrected chi connectivity index (χ4v) is 2.16. The van der Waals surface area contributed by atoms with Gasteiger partial charge in [0.05, 0.1) is 19.2 Å². The Labute approximate surface area is 117 Å². The maximum absolute atomic E-state index is 10.6. The van der Waals surface area contributed by atoms with Gasteiger partial charge in [0, 0.05) is 12.5 Å². The highest BCUT2D eigenvalue weighted by Crippen LogP contribution is 2.41. The first kappa shape index (κ1) is 15.6. The van der Waals surface area contributed by atoms with Gasteiger partial charge in [-0.3, -0.25) is 4.79 Å². The van der Waals surface area contributed by atoms with Crippen molar-refractivity contribution in [3.8, 4) is 11.5 Å². The summed E-state index contributed by atoms with van der Waals surface area (Å²) in [6.45, 7) is 1.82. The molecule has 0 aliphatic heterocycles. The largest absolute Gasteiger partial charge is 0.493 e. The Bertz CT molecular complexity index is 476. The van der Waals surface area contributed by atoms with Crippen LogP contribution in [0, 0.1) is 6.92 Å². The second kappa shape index (κ2) is 6.63. The number of rotatable bonds is 6. The Morgan fingerprint density at radius 1 is 1.47 bits per heavy atom. The summed E-state index contributed by atoms with van der Waals surface area (Å²) in [6, 6.07) is 1.33. The van der Waals surface area contributed by atoms with Gasteiger partial charge in [-0.2, -0.15) is 0 Å². The van der Waals surface area contributed by atoms with Gasteiger partial charge in [0.25, 0.3) is 0 Å². The molecule has 0 aliphatic carbocycles. The number of hydrogen-bond acceptors (Lipinski definition) is 4. The highest BCUT2D eigenvalue weighted by atomic mass is 35.5. The lowest BCUT2D eigenvalue weighted by atomic mass is 9.97. The lowest BCUT2D eigenvalue weighted by molar-refractivity contribution is -0.137. The summed E-state index contributed by atoms with van der Waals surface area (Å²) in [5.74, 6) is 0.0643. The number of methoxy groups -OCH3 is 2. The predicted octanol–water partition coefficient (Wildman–Crippen LogP) is 2.53. The van der Waals surface area contributed by atoms with E-state index < -0.39 is 12.0 Å². The molecule has 0 radical (unpaired) electrons. The number of hydrogen-bond donors (Lipinski definition) is 2. The smallest absolute Gasteiger partial charge is 0.303 e. The van der Waals surface area contributed by atoms with Gasteiger partial charge in [0.2, 0.25) is 0 Å². The zero-order valence-corrected chi connectivity index (χ0v) is 12.0. The molecule has 1 aromatic rings. The average Bonchev–Trinajstić information content (AvgIpc) is 2.38. The van der Waals surface area contributed by atoms with E-state index in [-0.39, 0.29) is 6.42 Å². The molecule has 0 heterocycles. The summed E-state index contributed by atoms with van der Waals surface area (Å²) in [5, 5.41) is 9.12. The van der Waals surface area contributed by atoms with Crippen molar-refractivity contribution in [1.29, 1.82) is 0 Å². The van der Waals surface area contributed by atoms with E-state index in [2.05, 4.69) is 0 Å². The minimum absolute atomic E-state index is 0.00652. The molecule has 1 rings (SSSR count). The third-order valence-electron chi connectivity index (χ3n) is 2.96. The van der Waals surface area contributed by atoms with E-state index in [1.165, 1.54) is 14.2 Å². The second-order valence-electron chi connectivity index (χ2n) is 4.18. The number of ether oxygens (including phenoxy) is 2. The van der Waals surface area contributed by atoms with Crippen LogP contribution >= 0.6 is 11.6 Å². The van der Waals surface area contributed by atoms with Crippen LogP contribution in [0.2, 0.25) is 5.02 Å². The molecule has 1 atom stereocenters. The highest BCUT2D eigenvalue weighted by Gasteiger charge is 2.19. The normalized spacial score (nSPS) is 12.1. The Morgan fingerprint density at radius 3 is 2.58 bits per heavy atom. The van der Waals surface area contributed by atoms with Gasteiger partial charge in [-0.15, -0.1) is 0 Å². The van der Waals surface area contributed by atoms with Crippen LogP contribution in [-0.4, -0.2) is 25.3 Å². The number of benzene rings is 1. The van der Waals surface area contributed by atoms with E-state index in [0.29, 0.717) is 22.9 Å². The molecule has 0 spiro atoms. The van der Waals surface area contributed by atoms with Crippen molar-refractivity contribution in [2.75, 3.05) is 14.2 Å². The van der Waals surface area contributed by atoms with Gasteiger partial charge in [0.1, 0.15) is 0 Å². The molecular formula is C13H18ClNO4. The topological polar surface area (TPSA) is 81.8 Å². The number of carboxylic acids is 1. The van der Waals surface area contributed by atoms with Crippen LogP contribution in [0.4, 0.5) is 0 Å². The molecule has 3 N–H and O–H groups in total. The molecule has 106 valence electrons. The Kier molecular flexibility index (Phi) is 5.44. The molecule has 6 heteroatoms. The lowest BCUT2D eigenvalue weighted by Gasteiger charge is -2.19. The van der Waals surface area contributed by atoms with Gasteiger partial charge in [-0.25, -0.2) is 0 Å². The van der Waals surface area contributed by atoms with E-state index in [9.17, 15) is 4.79 Å². The lowest BCUT2D eigenvalue weighted by Crippen LogP contribution is -2.14. The minimum atomic E-state index is -0.875. The number of carbonyl (C=O) groups is 1. The van der Waals surface area contributed by atoms with Gasteiger partial charge >= 0.3 is 5.97 Å². The van der Waals surface area contributed by atoms with Gasteiger partial charge in [-0.05, 0) is 30.5 Å². The van der Waals surface area contributed by atoms with Crippen LogP contribution in [0.5, 0.6) is 11.5 Å². The van der Waals surface area contributed by atoms with Crippen LogP contribution < -0.4 is 15.2 Å². The molecule has 0 saturated heterocycles. The molecule has 0 fully saturated rings. The van der Waals surface area contributed by atoms with E-state index in [1.807, 2.05) is 6.92 Å². The van der Waals surface area contributed by atoms with Crippen molar-refractivity contribution in [3.05, 3.63) is 22.2 Å². The number of nitrogens with two attached hydrogens (primary N) is 1. The van der Waals surface area contributed by atoms with Crippen molar-refractivity contribution in [3.63, 3.8) is 0 Å². The number of halogens is 1. The molecule has 0 amide bonds. The second-order valence-corrected chi connectivity index (χ2v) is 4.56. The maximum Gasteiger partial charge on any atom is 0.303 e. The predicted molar refractivity (Wildman–Crippen MR) is 73.1 cm³/mol. The number of carboxylic acid groups (broad SMARTS) is 1. The molecule has 0 aliphatic rings. The summed E-state index contributed by atoms with van der Waals surface area (Å²) in [7, 11) is 3.02. The first-order chi connectivity index (χ1) is 8.92. The van der Waals surface area contributed by atoms with Crippen LogP contribution in [0.15, 0.2) is 6.07 Å². The molecule has 0 aromatic heterocycles. The Balaban J connectivity index is 3.14. The van der Waals surface area contributed by atoms with Crippen LogP contribution in [0.25, 0.3) is 0 Å². The zero-order valence-electron chi connectivity index (χ0n) is 11.2. The summed E-state index contributed by atoms with van der Waals surface area (Å²) in [5.41, 5.74) is 7.55. The van der Waals surface area contributed by atoms with E-state index in [4.69, 9.17) is 31.9 Å². The van der Waals surface area contributed by atoms with E-state index >= 15 is 0 Å². The summed E-state index contributed by atoms with van der Waals surface area (Å²) < 4.78 is 10.4. The quantitative estimate of drug-likeness (QED) is 0.840. The van der Waals surface area contributed by atoms with Crippen LogP contribution in [-0.2, 0) is 4.79 Å². The van der Waals surface area contributed by atoms with Gasteiger partial charge in [-0.1, -0.05) is 11.6 Å². The maximum atomic E-state index is 10.6. The molecule has 19 heavy (non-hydrogen) atoms. The molecule has 1 unspecified atom stereocenters. The minimum Gasteiger partial charge on any atom is -0.493 e. The van der Waals surface area contributed by atoms with Crippen molar-refractivity contribution >= 4 is 17.6 Å². The van der Waals surface area contributed by atoms with E-state index in [1.54, 1.807) is 6.07 Å². The highest BCUT2D eigenvalue weighted by molar-refractivity contribution is 6.33. The van der Waals surface area contributed by atoms with Gasteiger partial charge < -0.3 is 20.3 Å². The van der Waals surface area contributed by atoms with Crippen LogP contribution in [0.1, 0.15) is 30.0 Å². The third-order valence-corrected chi connectivity index (χ3v) is 3.42. The first-order valence-corrected chi connectivity index (χ1v) is 6.18. The standard InChI is InChI=1S/C13H18ClNO4/c1-7-8(9(15)4-5-11(16)17)6-10(18-2)13(19-3)12(7)14/h6,9H,4-5,15H2,1-3H3,(H,16,17). The van der Waals surface area contributed by atoms with Crippen molar-refractivity contribution < 1.29 is 19.4 Å². The molecular weight excluding hydrogens is 270 g/mol. The monoisotopic (exact) mass is 287 g/mol. The van der Waals surface area contributed by atoms with E-state index in [0.717, 1.165) is 11.1 Å². The number of aliphatic carboxylic acids is 1. The summed E-state index contributed by atoms with van der Waals surface area (Å²) >= 11 is 6.21. The first-order valence-electron chi connectivity index (χ1n) is 5.80. The Morgan fingerprint density at radius 2 is 2.11 bits per heavy atom. The Hall–Kier alpha value is -1.46. The van der Waals surface area contributed by atoms with Crippen molar-refractivity contribution in [1.82, 2.24) is 0 Å². The molecule has 5 nitrogen and oxygen atoms in total. The molecule has 0 bridgehead atoms. The van der Waals surface area contributed by atoms with Crippen molar-refractivity contribution in [2.24, 2.45) is 5.73 Å². The molecule has 1 aromatic carbocycles.